The number of carbonyl (C=O) groups is 1. The van der Waals surface area contributed by atoms with E-state index in [9.17, 15) is 9.18 Å². The van der Waals surface area contributed by atoms with Gasteiger partial charge in [0, 0.05) is 23.3 Å². The number of benzene rings is 2. The Morgan fingerprint density at radius 2 is 1.91 bits per heavy atom. The molecule has 35 heavy (non-hydrogen) atoms. The fourth-order valence-electron chi connectivity index (χ4n) is 3.93. The van der Waals surface area contributed by atoms with Crippen molar-refractivity contribution in [3.05, 3.63) is 59.4 Å². The highest BCUT2D eigenvalue weighted by atomic mass is 32.2. The van der Waals surface area contributed by atoms with E-state index < -0.39 is 6.23 Å². The predicted octanol–water partition coefficient (Wildman–Crippen LogP) is 6.60. The van der Waals surface area contributed by atoms with Gasteiger partial charge in [0.2, 0.25) is 23.2 Å². The second kappa shape index (κ2) is 11.2. The summed E-state index contributed by atoms with van der Waals surface area (Å²) >= 11 is 1.54. The van der Waals surface area contributed by atoms with Crippen LogP contribution in [0.3, 0.4) is 0 Å². The van der Waals surface area contributed by atoms with Gasteiger partial charge in [-0.1, -0.05) is 57.7 Å². The lowest BCUT2D eigenvalue weighted by Gasteiger charge is -2.31. The molecule has 0 aliphatic carbocycles. The minimum absolute atomic E-state index is 0.0837. The molecule has 0 spiro atoms. The molecule has 2 heterocycles. The molecule has 0 fully saturated rings. The molecule has 0 unspecified atom stereocenters. The first-order chi connectivity index (χ1) is 16.9. The molecular weight excluding hydrogens is 463 g/mol. The number of fused-ring (bicyclic) bond motifs is 3. The van der Waals surface area contributed by atoms with Crippen molar-refractivity contribution in [1.29, 1.82) is 0 Å². The average Bonchev–Trinajstić information content (AvgIpc) is 2.98. The summed E-state index contributed by atoms with van der Waals surface area (Å²) in [6.45, 7) is 8.40. The van der Waals surface area contributed by atoms with Crippen LogP contribution in [0.25, 0.3) is 11.3 Å². The Bertz CT molecular complexity index is 1190. The zero-order chi connectivity index (χ0) is 24.9. The van der Waals surface area contributed by atoms with Crippen molar-refractivity contribution in [2.75, 3.05) is 10.7 Å². The van der Waals surface area contributed by atoms with E-state index >= 15 is 0 Å². The van der Waals surface area contributed by atoms with Gasteiger partial charge in [-0.25, -0.2) is 4.39 Å². The molecular formula is C27H31FN4O2S. The van der Waals surface area contributed by atoms with Crippen LogP contribution in [0, 0.1) is 11.7 Å². The average molecular weight is 495 g/mol. The lowest BCUT2D eigenvalue weighted by molar-refractivity contribution is -0.120. The van der Waals surface area contributed by atoms with E-state index in [2.05, 4.69) is 31.0 Å². The number of aromatic nitrogens is 3. The zero-order valence-electron chi connectivity index (χ0n) is 20.6. The SMILES string of the molecule is CCCC(=O)N1c2ccc(CC)cc2-c2nnc(SCCC(C)C)nc2O[C@H]1c1ccc(F)cc1. The van der Waals surface area contributed by atoms with Crippen molar-refractivity contribution < 1.29 is 13.9 Å². The van der Waals surface area contributed by atoms with Gasteiger partial charge >= 0.3 is 0 Å². The second-order valence-corrected chi connectivity index (χ2v) is 10.1. The summed E-state index contributed by atoms with van der Waals surface area (Å²) in [4.78, 5) is 19.8. The first-order valence-electron chi connectivity index (χ1n) is 12.2. The number of hydrogen-bond acceptors (Lipinski definition) is 6. The molecule has 1 aliphatic heterocycles. The first kappa shape index (κ1) is 25.1. The van der Waals surface area contributed by atoms with Crippen LogP contribution in [0.4, 0.5) is 10.1 Å². The molecule has 184 valence electrons. The number of aryl methyl sites for hydroxylation is 1. The van der Waals surface area contributed by atoms with Crippen molar-refractivity contribution in [3.63, 3.8) is 0 Å². The van der Waals surface area contributed by atoms with E-state index in [1.807, 2.05) is 25.1 Å². The summed E-state index contributed by atoms with van der Waals surface area (Å²) < 4.78 is 20.2. The summed E-state index contributed by atoms with van der Waals surface area (Å²) in [5.41, 5.74) is 3.71. The van der Waals surface area contributed by atoms with Gasteiger partial charge < -0.3 is 4.74 Å². The number of ether oxygens (including phenoxy) is 1. The van der Waals surface area contributed by atoms with Crippen LogP contribution in [0.5, 0.6) is 5.88 Å². The summed E-state index contributed by atoms with van der Waals surface area (Å²) in [7, 11) is 0. The van der Waals surface area contributed by atoms with E-state index in [0.717, 1.165) is 29.7 Å². The molecule has 0 bridgehead atoms. The van der Waals surface area contributed by atoms with Gasteiger partial charge in [0.1, 0.15) is 5.82 Å². The Hall–Kier alpha value is -3.00. The van der Waals surface area contributed by atoms with Crippen LogP contribution in [0.2, 0.25) is 0 Å². The number of hydrogen-bond donors (Lipinski definition) is 0. The fourth-order valence-corrected chi connectivity index (χ4v) is 4.95. The summed E-state index contributed by atoms with van der Waals surface area (Å²) in [6, 6.07) is 12.0. The van der Waals surface area contributed by atoms with Crippen LogP contribution in [0.15, 0.2) is 47.6 Å². The predicted molar refractivity (Wildman–Crippen MR) is 137 cm³/mol. The fraction of sp³-hybridized carbons (Fsp3) is 0.407. The van der Waals surface area contributed by atoms with Crippen molar-refractivity contribution in [1.82, 2.24) is 15.2 Å². The van der Waals surface area contributed by atoms with Crippen LogP contribution >= 0.6 is 11.8 Å². The molecule has 1 atom stereocenters. The van der Waals surface area contributed by atoms with Crippen molar-refractivity contribution in [2.45, 2.75) is 64.8 Å². The van der Waals surface area contributed by atoms with Gasteiger partial charge in [0.15, 0.2) is 5.69 Å². The van der Waals surface area contributed by atoms with Crippen LogP contribution in [-0.2, 0) is 11.2 Å². The summed E-state index contributed by atoms with van der Waals surface area (Å²) in [5.74, 6) is 1.34. The van der Waals surface area contributed by atoms with E-state index in [4.69, 9.17) is 9.72 Å². The van der Waals surface area contributed by atoms with Gasteiger partial charge in [-0.15, -0.1) is 10.2 Å². The number of anilines is 1. The monoisotopic (exact) mass is 494 g/mol. The van der Waals surface area contributed by atoms with Crippen molar-refractivity contribution >= 4 is 23.4 Å². The molecule has 0 saturated heterocycles. The van der Waals surface area contributed by atoms with Crippen LogP contribution in [-0.4, -0.2) is 26.8 Å². The Balaban J connectivity index is 1.86. The number of carbonyl (C=O) groups excluding carboxylic acids is 1. The Kier molecular flexibility index (Phi) is 8.00. The normalized spacial score (nSPS) is 14.8. The zero-order valence-corrected chi connectivity index (χ0v) is 21.4. The third-order valence-electron chi connectivity index (χ3n) is 5.89. The highest BCUT2D eigenvalue weighted by molar-refractivity contribution is 7.99. The number of thioether (sulfide) groups is 1. The molecule has 3 aromatic rings. The third kappa shape index (κ3) is 5.64. The van der Waals surface area contributed by atoms with Crippen LogP contribution in [0.1, 0.15) is 64.3 Å². The van der Waals surface area contributed by atoms with Crippen molar-refractivity contribution in [2.24, 2.45) is 5.92 Å². The molecule has 2 aromatic carbocycles. The lowest BCUT2D eigenvalue weighted by Crippen LogP contribution is -2.37. The van der Waals surface area contributed by atoms with E-state index in [-0.39, 0.29) is 11.7 Å². The summed E-state index contributed by atoms with van der Waals surface area (Å²) in [6.07, 6.45) is 2.09. The highest BCUT2D eigenvalue weighted by Crippen LogP contribution is 2.44. The second-order valence-electron chi connectivity index (χ2n) is 9.02. The van der Waals surface area contributed by atoms with Gasteiger partial charge in [-0.3, -0.25) is 9.69 Å². The maximum Gasteiger partial charge on any atom is 0.247 e. The Morgan fingerprint density at radius 1 is 1.14 bits per heavy atom. The molecule has 1 aromatic heterocycles. The standard InChI is InChI=1S/C27H31FN4O2S/c1-5-7-23(33)32-22-13-8-18(6-2)16-21(22)24-25(29-27(31-30-24)35-15-14-17(3)4)34-26(32)19-9-11-20(28)12-10-19/h8-13,16-17,26H,5-7,14-15H2,1-4H3/t26-/m0/s1. The minimum atomic E-state index is -0.813. The van der Waals surface area contributed by atoms with Gasteiger partial charge in [0.25, 0.3) is 0 Å². The molecule has 4 rings (SSSR count). The maximum atomic E-state index is 13.7. The first-order valence-corrected chi connectivity index (χ1v) is 13.1. The summed E-state index contributed by atoms with van der Waals surface area (Å²) in [5, 5.41) is 9.42. The minimum Gasteiger partial charge on any atom is -0.447 e. The largest absolute Gasteiger partial charge is 0.447 e. The quantitative estimate of drug-likeness (QED) is 0.329. The smallest absolute Gasteiger partial charge is 0.247 e. The topological polar surface area (TPSA) is 68.2 Å². The molecule has 0 radical (unpaired) electrons. The maximum absolute atomic E-state index is 13.7. The Labute approximate surface area is 210 Å². The molecule has 6 nitrogen and oxygen atoms in total. The molecule has 1 aliphatic rings. The van der Waals surface area contributed by atoms with Crippen LogP contribution < -0.4 is 9.64 Å². The third-order valence-corrected chi connectivity index (χ3v) is 6.76. The lowest BCUT2D eigenvalue weighted by atomic mass is 10.0. The van der Waals surface area contributed by atoms with Gasteiger partial charge in [0.05, 0.1) is 5.69 Å². The molecule has 0 saturated carbocycles. The highest BCUT2D eigenvalue weighted by Gasteiger charge is 2.35. The molecule has 0 N–H and O–H groups in total. The number of amides is 1. The van der Waals surface area contributed by atoms with E-state index in [0.29, 0.717) is 46.7 Å². The van der Waals surface area contributed by atoms with Gasteiger partial charge in [-0.2, -0.15) is 4.98 Å². The number of nitrogens with zero attached hydrogens (tertiary/aromatic N) is 4. The van der Waals surface area contributed by atoms with E-state index in [1.54, 1.807) is 17.0 Å². The van der Waals surface area contributed by atoms with Crippen molar-refractivity contribution in [3.8, 4) is 17.1 Å². The molecule has 1 amide bonds. The van der Waals surface area contributed by atoms with Gasteiger partial charge in [-0.05, 0) is 55.0 Å². The van der Waals surface area contributed by atoms with E-state index in [1.165, 1.54) is 23.9 Å². The number of halogens is 1. The Morgan fingerprint density at radius 3 is 2.60 bits per heavy atom. The number of rotatable bonds is 8. The molecule has 8 heteroatoms.